The standard InChI is InChI=1S/C19H20BrNO4/c1-19(2,3)14-6-4-5-7-15(14)21-17(22)12-24-18(23)11-9-13-8-10-16(20)25-13/h4-11H,12H2,1-3H3,(H,21,22)/b11-9+. The van der Waals surface area contributed by atoms with E-state index in [1.165, 1.54) is 12.2 Å². The van der Waals surface area contributed by atoms with E-state index in [-0.39, 0.29) is 17.9 Å². The molecular weight excluding hydrogens is 386 g/mol. The van der Waals surface area contributed by atoms with E-state index in [4.69, 9.17) is 9.15 Å². The number of esters is 1. The molecule has 1 amide bonds. The lowest BCUT2D eigenvalue weighted by atomic mass is 9.86. The van der Waals surface area contributed by atoms with Crippen molar-refractivity contribution in [1.29, 1.82) is 0 Å². The SMILES string of the molecule is CC(C)(C)c1ccccc1NC(=O)COC(=O)/C=C/c1ccc(Br)o1. The summed E-state index contributed by atoms with van der Waals surface area (Å²) < 4.78 is 10.7. The van der Waals surface area contributed by atoms with Crippen LogP contribution in [0.3, 0.4) is 0 Å². The lowest BCUT2D eigenvalue weighted by Gasteiger charge is -2.22. The van der Waals surface area contributed by atoms with Crippen molar-refractivity contribution in [3.05, 3.63) is 58.5 Å². The molecule has 0 unspecified atom stereocenters. The molecule has 1 aromatic carbocycles. The number of ether oxygens (including phenoxy) is 1. The molecule has 0 aliphatic heterocycles. The molecule has 1 N–H and O–H groups in total. The van der Waals surface area contributed by atoms with Crippen LogP contribution in [0.1, 0.15) is 32.1 Å². The Balaban J connectivity index is 1.89. The Morgan fingerprint density at radius 3 is 2.56 bits per heavy atom. The number of carbonyl (C=O) groups is 2. The molecule has 0 bridgehead atoms. The highest BCUT2D eigenvalue weighted by Crippen LogP contribution is 2.29. The summed E-state index contributed by atoms with van der Waals surface area (Å²) in [6.45, 7) is 5.84. The number of furan rings is 1. The minimum Gasteiger partial charge on any atom is -0.452 e. The van der Waals surface area contributed by atoms with Crippen LogP contribution in [0, 0.1) is 0 Å². The normalized spacial score (nSPS) is 11.5. The van der Waals surface area contributed by atoms with Crippen LogP contribution in [0.2, 0.25) is 0 Å². The predicted octanol–water partition coefficient (Wildman–Crippen LogP) is 4.53. The molecule has 2 aromatic rings. The van der Waals surface area contributed by atoms with E-state index >= 15 is 0 Å². The first-order valence-electron chi connectivity index (χ1n) is 7.75. The van der Waals surface area contributed by atoms with E-state index in [0.717, 1.165) is 5.56 Å². The molecular formula is C19H20BrNO4. The van der Waals surface area contributed by atoms with Crippen molar-refractivity contribution in [3.8, 4) is 0 Å². The van der Waals surface area contributed by atoms with Gasteiger partial charge in [-0.1, -0.05) is 39.0 Å². The van der Waals surface area contributed by atoms with Crippen molar-refractivity contribution < 1.29 is 18.7 Å². The second-order valence-corrected chi connectivity index (χ2v) is 7.21. The van der Waals surface area contributed by atoms with Crippen LogP contribution >= 0.6 is 15.9 Å². The summed E-state index contributed by atoms with van der Waals surface area (Å²) in [7, 11) is 0. The summed E-state index contributed by atoms with van der Waals surface area (Å²) in [6.07, 6.45) is 2.68. The molecule has 0 spiro atoms. The van der Waals surface area contributed by atoms with Crippen molar-refractivity contribution in [1.82, 2.24) is 0 Å². The van der Waals surface area contributed by atoms with Gasteiger partial charge in [0.05, 0.1) is 0 Å². The van der Waals surface area contributed by atoms with Crippen molar-refractivity contribution in [2.45, 2.75) is 26.2 Å². The maximum absolute atomic E-state index is 12.0. The van der Waals surface area contributed by atoms with E-state index < -0.39 is 5.97 Å². The fourth-order valence-corrected chi connectivity index (χ4v) is 2.50. The largest absolute Gasteiger partial charge is 0.452 e. The fourth-order valence-electron chi connectivity index (χ4n) is 2.19. The minimum absolute atomic E-state index is 0.111. The summed E-state index contributed by atoms with van der Waals surface area (Å²) >= 11 is 3.17. The summed E-state index contributed by atoms with van der Waals surface area (Å²) in [5.41, 5.74) is 1.62. The number of nitrogens with one attached hydrogen (secondary N) is 1. The van der Waals surface area contributed by atoms with Crippen molar-refractivity contribution >= 4 is 39.6 Å². The van der Waals surface area contributed by atoms with Gasteiger partial charge in [0.2, 0.25) is 0 Å². The Morgan fingerprint density at radius 2 is 1.92 bits per heavy atom. The first-order valence-corrected chi connectivity index (χ1v) is 8.54. The van der Waals surface area contributed by atoms with Gasteiger partial charge in [-0.25, -0.2) is 4.79 Å². The first-order chi connectivity index (χ1) is 11.8. The van der Waals surface area contributed by atoms with Crippen molar-refractivity contribution in [2.75, 3.05) is 11.9 Å². The Bertz CT molecular complexity index is 787. The van der Waals surface area contributed by atoms with Crippen LogP contribution in [-0.4, -0.2) is 18.5 Å². The zero-order chi connectivity index (χ0) is 18.4. The monoisotopic (exact) mass is 405 g/mol. The van der Waals surface area contributed by atoms with E-state index in [1.807, 2.05) is 24.3 Å². The molecule has 6 heteroatoms. The van der Waals surface area contributed by atoms with Gasteiger partial charge >= 0.3 is 5.97 Å². The number of hydrogen-bond donors (Lipinski definition) is 1. The summed E-state index contributed by atoms with van der Waals surface area (Å²) in [6, 6.07) is 11.0. The maximum Gasteiger partial charge on any atom is 0.331 e. The Hall–Kier alpha value is -2.34. The average molecular weight is 406 g/mol. The molecule has 1 aromatic heterocycles. The third-order valence-corrected chi connectivity index (χ3v) is 3.76. The fraction of sp³-hybridized carbons (Fsp3) is 0.263. The number of carbonyl (C=O) groups excluding carboxylic acids is 2. The lowest BCUT2D eigenvalue weighted by molar-refractivity contribution is -0.142. The first kappa shape index (κ1) is 19.0. The Morgan fingerprint density at radius 1 is 1.20 bits per heavy atom. The van der Waals surface area contributed by atoms with Crippen LogP contribution in [-0.2, 0) is 19.7 Å². The molecule has 0 aliphatic rings. The highest BCUT2D eigenvalue weighted by Gasteiger charge is 2.18. The number of rotatable bonds is 5. The van der Waals surface area contributed by atoms with Crippen LogP contribution in [0.25, 0.3) is 6.08 Å². The molecule has 5 nitrogen and oxygen atoms in total. The number of benzene rings is 1. The van der Waals surface area contributed by atoms with Crippen LogP contribution in [0.5, 0.6) is 0 Å². The van der Waals surface area contributed by atoms with Gasteiger partial charge < -0.3 is 14.5 Å². The van der Waals surface area contributed by atoms with Gasteiger partial charge in [-0.15, -0.1) is 0 Å². The van der Waals surface area contributed by atoms with Crippen LogP contribution in [0.4, 0.5) is 5.69 Å². The van der Waals surface area contributed by atoms with Gasteiger partial charge in [0.1, 0.15) is 5.76 Å². The molecule has 0 atom stereocenters. The quantitative estimate of drug-likeness (QED) is 0.585. The number of hydrogen-bond acceptors (Lipinski definition) is 4. The van der Waals surface area contributed by atoms with Crippen molar-refractivity contribution in [2.24, 2.45) is 0 Å². The minimum atomic E-state index is -0.619. The third-order valence-electron chi connectivity index (χ3n) is 3.33. The van der Waals surface area contributed by atoms with E-state index in [2.05, 4.69) is 42.0 Å². The molecule has 0 saturated heterocycles. The molecule has 0 saturated carbocycles. The van der Waals surface area contributed by atoms with Crippen LogP contribution < -0.4 is 5.32 Å². The number of halogens is 1. The third kappa shape index (κ3) is 5.90. The second kappa shape index (κ2) is 8.16. The second-order valence-electron chi connectivity index (χ2n) is 6.43. The summed E-state index contributed by atoms with van der Waals surface area (Å²) in [4.78, 5) is 23.7. The van der Waals surface area contributed by atoms with Crippen LogP contribution in [0.15, 0.2) is 51.6 Å². The van der Waals surface area contributed by atoms with Gasteiger partial charge in [0.25, 0.3) is 5.91 Å². The molecule has 0 radical (unpaired) electrons. The molecule has 1 heterocycles. The summed E-state index contributed by atoms with van der Waals surface area (Å²) in [5.74, 6) is -0.502. The average Bonchev–Trinajstić information content (AvgIpc) is 2.96. The lowest BCUT2D eigenvalue weighted by Crippen LogP contribution is -2.23. The molecule has 132 valence electrons. The molecule has 25 heavy (non-hydrogen) atoms. The van der Waals surface area contributed by atoms with Gasteiger partial charge in [-0.05, 0) is 51.2 Å². The molecule has 0 fully saturated rings. The van der Waals surface area contributed by atoms with E-state index in [0.29, 0.717) is 16.1 Å². The molecule has 0 aliphatic carbocycles. The predicted molar refractivity (Wildman–Crippen MR) is 100 cm³/mol. The van der Waals surface area contributed by atoms with Gasteiger partial charge in [-0.3, -0.25) is 4.79 Å². The highest BCUT2D eigenvalue weighted by atomic mass is 79.9. The Kier molecular flexibility index (Phi) is 6.20. The number of anilines is 1. The zero-order valence-electron chi connectivity index (χ0n) is 14.3. The maximum atomic E-state index is 12.0. The molecule has 2 rings (SSSR count). The van der Waals surface area contributed by atoms with Gasteiger partial charge in [-0.2, -0.15) is 0 Å². The zero-order valence-corrected chi connectivity index (χ0v) is 15.9. The number of amides is 1. The van der Waals surface area contributed by atoms with E-state index in [9.17, 15) is 9.59 Å². The number of para-hydroxylation sites is 1. The topological polar surface area (TPSA) is 68.5 Å². The summed E-state index contributed by atoms with van der Waals surface area (Å²) in [5, 5.41) is 2.78. The smallest absolute Gasteiger partial charge is 0.331 e. The van der Waals surface area contributed by atoms with Gasteiger partial charge in [0.15, 0.2) is 11.3 Å². The van der Waals surface area contributed by atoms with Gasteiger partial charge in [0, 0.05) is 11.8 Å². The Labute approximate surface area is 155 Å². The van der Waals surface area contributed by atoms with E-state index in [1.54, 1.807) is 12.1 Å². The highest BCUT2D eigenvalue weighted by molar-refractivity contribution is 9.10. The van der Waals surface area contributed by atoms with Crippen molar-refractivity contribution in [3.63, 3.8) is 0 Å².